The number of pyridine rings is 1. The first-order chi connectivity index (χ1) is 9.52. The summed E-state index contributed by atoms with van der Waals surface area (Å²) in [5.74, 6) is 0. The zero-order chi connectivity index (χ0) is 14.3. The number of morpholine rings is 1. The van der Waals surface area contributed by atoms with E-state index in [4.69, 9.17) is 4.74 Å². The molecule has 0 aliphatic carbocycles. The molecule has 2 aromatic rings. The number of nitrogens with zero attached hydrogens (tertiary/aromatic N) is 4. The predicted octanol–water partition coefficient (Wildman–Crippen LogP) is 1.89. The average molecular weight is 274 g/mol. The molecule has 5 nitrogen and oxygen atoms in total. The van der Waals surface area contributed by atoms with Gasteiger partial charge in [0.1, 0.15) is 0 Å². The Labute approximate surface area is 119 Å². The second kappa shape index (κ2) is 5.14. The van der Waals surface area contributed by atoms with Crippen LogP contribution < -0.4 is 0 Å². The van der Waals surface area contributed by atoms with E-state index in [0.717, 1.165) is 36.4 Å². The highest BCUT2D eigenvalue weighted by atomic mass is 16.5. The summed E-state index contributed by atoms with van der Waals surface area (Å²) >= 11 is 0. The second-order valence-corrected chi connectivity index (χ2v) is 5.88. The van der Waals surface area contributed by atoms with Gasteiger partial charge in [0.05, 0.1) is 17.9 Å². The molecule has 2 aromatic heterocycles. The van der Waals surface area contributed by atoms with Crippen LogP contribution in [-0.4, -0.2) is 45.0 Å². The molecule has 0 bridgehead atoms. The summed E-state index contributed by atoms with van der Waals surface area (Å²) in [4.78, 5) is 6.99. The lowest BCUT2D eigenvalue weighted by Gasteiger charge is -2.35. The summed E-state index contributed by atoms with van der Waals surface area (Å²) in [6.45, 7) is 9.19. The first-order valence-corrected chi connectivity index (χ1v) is 7.19. The third kappa shape index (κ3) is 2.55. The highest BCUT2D eigenvalue weighted by Gasteiger charge is 2.22. The molecule has 1 aliphatic heterocycles. The molecule has 2 atom stereocenters. The normalized spacial score (nSPS) is 24.4. The minimum Gasteiger partial charge on any atom is -0.373 e. The molecule has 108 valence electrons. The molecule has 0 amide bonds. The van der Waals surface area contributed by atoms with Gasteiger partial charge in [-0.25, -0.2) is 4.98 Å². The highest BCUT2D eigenvalue weighted by molar-refractivity contribution is 5.78. The van der Waals surface area contributed by atoms with Crippen LogP contribution in [0, 0.1) is 6.92 Å². The summed E-state index contributed by atoms with van der Waals surface area (Å²) in [5.41, 5.74) is 3.24. The van der Waals surface area contributed by atoms with Gasteiger partial charge in [-0.3, -0.25) is 9.58 Å². The lowest BCUT2D eigenvalue weighted by molar-refractivity contribution is -0.0705. The van der Waals surface area contributed by atoms with Crippen LogP contribution in [0.5, 0.6) is 0 Å². The Morgan fingerprint density at radius 3 is 2.70 bits per heavy atom. The van der Waals surface area contributed by atoms with E-state index < -0.39 is 0 Å². The van der Waals surface area contributed by atoms with Crippen molar-refractivity contribution in [3.8, 4) is 0 Å². The van der Waals surface area contributed by atoms with Gasteiger partial charge < -0.3 is 4.74 Å². The van der Waals surface area contributed by atoms with Crippen molar-refractivity contribution in [3.05, 3.63) is 23.5 Å². The van der Waals surface area contributed by atoms with Gasteiger partial charge in [-0.05, 0) is 32.4 Å². The van der Waals surface area contributed by atoms with E-state index >= 15 is 0 Å². The smallest absolute Gasteiger partial charge is 0.157 e. The monoisotopic (exact) mass is 274 g/mol. The summed E-state index contributed by atoms with van der Waals surface area (Å²) in [7, 11) is 1.94. The summed E-state index contributed by atoms with van der Waals surface area (Å²) in [6, 6.07) is 2.22. The molecular weight excluding hydrogens is 252 g/mol. The molecule has 0 aromatic carbocycles. The van der Waals surface area contributed by atoms with E-state index in [1.54, 1.807) is 0 Å². The Bertz CT molecular complexity index is 612. The fourth-order valence-corrected chi connectivity index (χ4v) is 3.11. The molecule has 20 heavy (non-hydrogen) atoms. The molecule has 0 saturated carbocycles. The van der Waals surface area contributed by atoms with Crippen LogP contribution in [0.1, 0.15) is 25.1 Å². The van der Waals surface area contributed by atoms with Crippen LogP contribution in [0.3, 0.4) is 0 Å². The molecule has 1 aliphatic rings. The maximum absolute atomic E-state index is 5.78. The number of ether oxygens (including phenoxy) is 1. The third-order valence-corrected chi connectivity index (χ3v) is 3.82. The van der Waals surface area contributed by atoms with Crippen molar-refractivity contribution in [1.29, 1.82) is 0 Å². The highest BCUT2D eigenvalue weighted by Crippen LogP contribution is 2.19. The van der Waals surface area contributed by atoms with Crippen LogP contribution in [0.15, 0.2) is 12.3 Å². The standard InChI is InChI=1S/C15H22N4O/c1-10-7-19(8-11(2)20-10)9-13-5-14-12(3)17-18(4)15(14)16-6-13/h5-6,10-11H,7-9H2,1-4H3. The number of aromatic nitrogens is 3. The van der Waals surface area contributed by atoms with Gasteiger partial charge in [0.25, 0.3) is 0 Å². The summed E-state index contributed by atoms with van der Waals surface area (Å²) in [6.07, 6.45) is 2.57. The zero-order valence-electron chi connectivity index (χ0n) is 12.6. The van der Waals surface area contributed by atoms with Gasteiger partial charge in [-0.15, -0.1) is 0 Å². The van der Waals surface area contributed by atoms with Crippen molar-refractivity contribution in [2.24, 2.45) is 7.05 Å². The van der Waals surface area contributed by atoms with Crippen molar-refractivity contribution in [3.63, 3.8) is 0 Å². The minimum absolute atomic E-state index is 0.301. The van der Waals surface area contributed by atoms with Gasteiger partial charge >= 0.3 is 0 Å². The van der Waals surface area contributed by atoms with Crippen LogP contribution in [0.25, 0.3) is 11.0 Å². The molecule has 1 saturated heterocycles. The van der Waals surface area contributed by atoms with E-state index in [1.807, 2.05) is 24.9 Å². The SMILES string of the molecule is Cc1nn(C)c2ncc(CN3CC(C)OC(C)C3)cc12. The minimum atomic E-state index is 0.301. The maximum atomic E-state index is 5.78. The van der Waals surface area contributed by atoms with E-state index in [2.05, 4.69) is 34.9 Å². The predicted molar refractivity (Wildman–Crippen MR) is 78.5 cm³/mol. The Balaban J connectivity index is 1.82. The van der Waals surface area contributed by atoms with E-state index in [0.29, 0.717) is 12.2 Å². The molecule has 1 fully saturated rings. The zero-order valence-corrected chi connectivity index (χ0v) is 12.6. The first kappa shape index (κ1) is 13.5. The lowest BCUT2D eigenvalue weighted by atomic mass is 10.1. The maximum Gasteiger partial charge on any atom is 0.157 e. The summed E-state index contributed by atoms with van der Waals surface area (Å²) in [5, 5.41) is 5.57. The van der Waals surface area contributed by atoms with E-state index in [9.17, 15) is 0 Å². The lowest BCUT2D eigenvalue weighted by Crippen LogP contribution is -2.44. The van der Waals surface area contributed by atoms with Crippen molar-refractivity contribution in [2.75, 3.05) is 13.1 Å². The molecule has 0 radical (unpaired) electrons. The second-order valence-electron chi connectivity index (χ2n) is 5.88. The number of aryl methyl sites for hydroxylation is 2. The number of fused-ring (bicyclic) bond motifs is 1. The number of hydrogen-bond donors (Lipinski definition) is 0. The molecule has 3 heterocycles. The van der Waals surface area contributed by atoms with Crippen molar-refractivity contribution in [1.82, 2.24) is 19.7 Å². The first-order valence-electron chi connectivity index (χ1n) is 7.19. The average Bonchev–Trinajstić information content (AvgIpc) is 2.63. The van der Waals surface area contributed by atoms with Crippen LogP contribution in [0.4, 0.5) is 0 Å². The topological polar surface area (TPSA) is 43.2 Å². The quantitative estimate of drug-likeness (QED) is 0.838. The van der Waals surface area contributed by atoms with Crippen molar-refractivity contribution < 1.29 is 4.74 Å². The number of hydrogen-bond acceptors (Lipinski definition) is 4. The van der Waals surface area contributed by atoms with Crippen LogP contribution >= 0.6 is 0 Å². The largest absolute Gasteiger partial charge is 0.373 e. The Morgan fingerprint density at radius 2 is 2.00 bits per heavy atom. The molecule has 0 N–H and O–H groups in total. The Hall–Kier alpha value is -1.46. The van der Waals surface area contributed by atoms with Crippen molar-refractivity contribution in [2.45, 2.75) is 39.5 Å². The number of rotatable bonds is 2. The van der Waals surface area contributed by atoms with Gasteiger partial charge in [0, 0.05) is 38.3 Å². The van der Waals surface area contributed by atoms with Gasteiger partial charge in [0.15, 0.2) is 5.65 Å². The van der Waals surface area contributed by atoms with Gasteiger partial charge in [0.2, 0.25) is 0 Å². The fraction of sp³-hybridized carbons (Fsp3) is 0.600. The van der Waals surface area contributed by atoms with E-state index in [1.165, 1.54) is 5.56 Å². The fourth-order valence-electron chi connectivity index (χ4n) is 3.11. The third-order valence-electron chi connectivity index (χ3n) is 3.82. The summed E-state index contributed by atoms with van der Waals surface area (Å²) < 4.78 is 7.62. The Kier molecular flexibility index (Phi) is 3.48. The molecule has 0 spiro atoms. The molecule has 5 heteroatoms. The van der Waals surface area contributed by atoms with Crippen molar-refractivity contribution >= 4 is 11.0 Å². The molecule has 2 unspecified atom stereocenters. The van der Waals surface area contributed by atoms with Gasteiger partial charge in [-0.2, -0.15) is 5.10 Å². The van der Waals surface area contributed by atoms with E-state index in [-0.39, 0.29) is 0 Å². The van der Waals surface area contributed by atoms with Crippen LogP contribution in [-0.2, 0) is 18.3 Å². The molecular formula is C15H22N4O. The Morgan fingerprint density at radius 1 is 1.30 bits per heavy atom. The van der Waals surface area contributed by atoms with Gasteiger partial charge in [-0.1, -0.05) is 0 Å². The van der Waals surface area contributed by atoms with Crippen LogP contribution in [0.2, 0.25) is 0 Å². The molecule has 3 rings (SSSR count).